The molecular weight excluding hydrogens is 491 g/mol. The van der Waals surface area contributed by atoms with Gasteiger partial charge in [0.05, 0.1) is 6.54 Å². The van der Waals surface area contributed by atoms with Crippen LogP contribution in [0.5, 0.6) is 5.88 Å². The van der Waals surface area contributed by atoms with Crippen LogP contribution < -0.4 is 15.4 Å². The fourth-order valence-corrected chi connectivity index (χ4v) is 3.09. The average Bonchev–Trinajstić information content (AvgIpc) is 2.75. The third-order valence-corrected chi connectivity index (χ3v) is 4.61. The number of aliphatic hydroxyl groups is 1. The summed E-state index contributed by atoms with van der Waals surface area (Å²) in [4.78, 5) is 9.08. The number of hydrogen-bond acceptors (Lipinski definition) is 4. The summed E-state index contributed by atoms with van der Waals surface area (Å²) in [5, 5.41) is 15.9. The van der Waals surface area contributed by atoms with E-state index < -0.39 is 0 Å². The van der Waals surface area contributed by atoms with Crippen LogP contribution in [0.1, 0.15) is 44.2 Å². The molecule has 1 heterocycles. The van der Waals surface area contributed by atoms with Gasteiger partial charge in [0.2, 0.25) is 5.88 Å². The van der Waals surface area contributed by atoms with E-state index in [1.54, 1.807) is 6.20 Å². The number of halogens is 1. The molecular formula is C23H35IN4O2. The maximum Gasteiger partial charge on any atom is 0.218 e. The van der Waals surface area contributed by atoms with Crippen molar-refractivity contribution >= 4 is 29.9 Å². The van der Waals surface area contributed by atoms with Crippen LogP contribution >= 0.6 is 24.0 Å². The molecule has 0 saturated carbocycles. The fourth-order valence-electron chi connectivity index (χ4n) is 3.09. The summed E-state index contributed by atoms with van der Waals surface area (Å²) in [5.74, 6) is 1.82. The minimum Gasteiger partial charge on any atom is -0.473 e. The van der Waals surface area contributed by atoms with Gasteiger partial charge in [-0.25, -0.2) is 9.98 Å². The van der Waals surface area contributed by atoms with Crippen molar-refractivity contribution in [1.82, 2.24) is 15.6 Å². The van der Waals surface area contributed by atoms with Gasteiger partial charge in [-0.2, -0.15) is 0 Å². The Labute approximate surface area is 197 Å². The molecule has 30 heavy (non-hydrogen) atoms. The van der Waals surface area contributed by atoms with Gasteiger partial charge in [0.15, 0.2) is 5.96 Å². The van der Waals surface area contributed by atoms with Gasteiger partial charge in [0.25, 0.3) is 0 Å². The molecule has 7 heteroatoms. The second kappa shape index (κ2) is 15.9. The lowest BCUT2D eigenvalue weighted by Gasteiger charge is -2.18. The SMILES string of the molecule is CCCC(CCO)CNC(=NCc1cccnc1OCc1ccccc1)NCC.I. The Morgan fingerprint density at radius 1 is 1.10 bits per heavy atom. The first-order valence-electron chi connectivity index (χ1n) is 10.5. The van der Waals surface area contributed by atoms with Crippen molar-refractivity contribution in [3.05, 3.63) is 59.8 Å². The Bertz CT molecular complexity index is 722. The van der Waals surface area contributed by atoms with E-state index in [0.717, 1.165) is 49.4 Å². The molecule has 6 nitrogen and oxygen atoms in total. The van der Waals surface area contributed by atoms with Gasteiger partial charge in [0.1, 0.15) is 6.61 Å². The highest BCUT2D eigenvalue weighted by molar-refractivity contribution is 14.0. The zero-order chi connectivity index (χ0) is 20.7. The lowest BCUT2D eigenvalue weighted by Crippen LogP contribution is -2.40. The van der Waals surface area contributed by atoms with Crippen molar-refractivity contribution in [2.45, 2.75) is 46.3 Å². The van der Waals surface area contributed by atoms with E-state index in [1.165, 1.54) is 0 Å². The molecule has 2 aromatic rings. The standard InChI is InChI=1S/C23H34N4O2.HI/c1-3-9-19(13-15-28)16-26-23(24-4-2)27-17-21-12-8-14-25-22(21)29-18-20-10-6-5-7-11-20;/h5-8,10-12,14,19,28H,3-4,9,13,15-18H2,1-2H3,(H2,24,26,27);1H. The van der Waals surface area contributed by atoms with Crippen LogP contribution in [0.3, 0.4) is 0 Å². The number of nitrogens with one attached hydrogen (secondary N) is 2. The quantitative estimate of drug-likeness (QED) is 0.220. The Kier molecular flexibility index (Phi) is 13.9. The number of aromatic nitrogens is 1. The van der Waals surface area contributed by atoms with Crippen LogP contribution in [0.2, 0.25) is 0 Å². The summed E-state index contributed by atoms with van der Waals surface area (Å²) in [5.41, 5.74) is 2.05. The van der Waals surface area contributed by atoms with Crippen LogP contribution in [0.25, 0.3) is 0 Å². The number of rotatable bonds is 12. The highest BCUT2D eigenvalue weighted by atomic mass is 127. The van der Waals surface area contributed by atoms with Gasteiger partial charge < -0.3 is 20.5 Å². The average molecular weight is 526 g/mol. The molecule has 2 rings (SSSR count). The summed E-state index contributed by atoms with van der Waals surface area (Å²) < 4.78 is 5.93. The highest BCUT2D eigenvalue weighted by Gasteiger charge is 2.09. The zero-order valence-electron chi connectivity index (χ0n) is 18.0. The molecule has 1 atom stereocenters. The van der Waals surface area contributed by atoms with E-state index >= 15 is 0 Å². The lowest BCUT2D eigenvalue weighted by molar-refractivity contribution is 0.251. The van der Waals surface area contributed by atoms with Gasteiger partial charge in [-0.05, 0) is 37.3 Å². The Hall–Kier alpha value is -1.87. The van der Waals surface area contributed by atoms with Crippen LogP contribution in [-0.4, -0.2) is 35.7 Å². The molecule has 0 spiro atoms. The van der Waals surface area contributed by atoms with E-state index in [2.05, 4.69) is 22.5 Å². The van der Waals surface area contributed by atoms with E-state index in [-0.39, 0.29) is 30.6 Å². The first-order chi connectivity index (χ1) is 14.3. The number of hydrogen-bond donors (Lipinski definition) is 3. The molecule has 0 aliphatic heterocycles. The molecule has 0 fully saturated rings. The van der Waals surface area contributed by atoms with Gasteiger partial charge >= 0.3 is 0 Å². The molecule has 0 saturated heterocycles. The largest absolute Gasteiger partial charge is 0.473 e. The molecule has 1 aromatic carbocycles. The van der Waals surface area contributed by atoms with Crippen molar-refractivity contribution in [2.75, 3.05) is 19.7 Å². The monoisotopic (exact) mass is 526 g/mol. The number of guanidine groups is 1. The van der Waals surface area contributed by atoms with Gasteiger partial charge in [-0.3, -0.25) is 0 Å². The number of benzene rings is 1. The first-order valence-corrected chi connectivity index (χ1v) is 10.5. The number of nitrogens with zero attached hydrogens (tertiary/aromatic N) is 2. The molecule has 0 aliphatic carbocycles. The van der Waals surface area contributed by atoms with Crippen molar-refractivity contribution in [1.29, 1.82) is 0 Å². The molecule has 1 aromatic heterocycles. The predicted molar refractivity (Wildman–Crippen MR) is 133 cm³/mol. The number of ether oxygens (including phenoxy) is 1. The molecule has 1 unspecified atom stereocenters. The minimum absolute atomic E-state index is 0. The third kappa shape index (κ3) is 9.75. The van der Waals surface area contributed by atoms with E-state index in [0.29, 0.717) is 24.9 Å². The topological polar surface area (TPSA) is 78.8 Å². The number of aliphatic hydroxyl groups excluding tert-OH is 1. The van der Waals surface area contributed by atoms with Crippen molar-refractivity contribution in [2.24, 2.45) is 10.9 Å². The van der Waals surface area contributed by atoms with Crippen molar-refractivity contribution in [3.8, 4) is 5.88 Å². The van der Waals surface area contributed by atoms with Gasteiger partial charge in [0, 0.05) is 31.5 Å². The van der Waals surface area contributed by atoms with Crippen molar-refractivity contribution < 1.29 is 9.84 Å². The fraction of sp³-hybridized carbons (Fsp3) is 0.478. The highest BCUT2D eigenvalue weighted by Crippen LogP contribution is 2.17. The molecule has 0 amide bonds. The summed E-state index contributed by atoms with van der Waals surface area (Å²) in [6, 6.07) is 14.0. The number of aliphatic imine (C=N–C) groups is 1. The lowest BCUT2D eigenvalue weighted by atomic mass is 10.0. The summed E-state index contributed by atoms with van der Waals surface area (Å²) in [6.07, 6.45) is 4.74. The molecule has 0 aliphatic rings. The predicted octanol–water partition coefficient (Wildman–Crippen LogP) is 4.13. The van der Waals surface area contributed by atoms with Crippen LogP contribution in [0, 0.1) is 5.92 Å². The Morgan fingerprint density at radius 3 is 2.60 bits per heavy atom. The Balaban J connectivity index is 0.00000450. The Morgan fingerprint density at radius 2 is 1.90 bits per heavy atom. The first kappa shape index (κ1) is 26.2. The third-order valence-electron chi connectivity index (χ3n) is 4.61. The zero-order valence-corrected chi connectivity index (χ0v) is 20.3. The van der Waals surface area contributed by atoms with Crippen LogP contribution in [-0.2, 0) is 13.2 Å². The summed E-state index contributed by atoms with van der Waals surface area (Å²) in [6.45, 7) is 6.98. The van der Waals surface area contributed by atoms with Crippen LogP contribution in [0.15, 0.2) is 53.7 Å². The normalized spacial score (nSPS) is 12.0. The molecule has 3 N–H and O–H groups in total. The van der Waals surface area contributed by atoms with Gasteiger partial charge in [-0.15, -0.1) is 24.0 Å². The van der Waals surface area contributed by atoms with E-state index in [4.69, 9.17) is 9.73 Å². The van der Waals surface area contributed by atoms with Crippen LogP contribution in [0.4, 0.5) is 0 Å². The minimum atomic E-state index is 0. The molecule has 0 bridgehead atoms. The second-order valence-electron chi connectivity index (χ2n) is 6.99. The maximum absolute atomic E-state index is 9.25. The second-order valence-corrected chi connectivity index (χ2v) is 6.99. The van der Waals surface area contributed by atoms with E-state index in [1.807, 2.05) is 49.4 Å². The maximum atomic E-state index is 9.25. The van der Waals surface area contributed by atoms with E-state index in [9.17, 15) is 5.11 Å². The smallest absolute Gasteiger partial charge is 0.218 e. The van der Waals surface area contributed by atoms with Gasteiger partial charge in [-0.1, -0.05) is 49.7 Å². The summed E-state index contributed by atoms with van der Waals surface area (Å²) >= 11 is 0. The molecule has 0 radical (unpaired) electrons. The van der Waals surface area contributed by atoms with Crippen molar-refractivity contribution in [3.63, 3.8) is 0 Å². The molecule has 166 valence electrons. The number of pyridine rings is 1. The summed E-state index contributed by atoms with van der Waals surface area (Å²) in [7, 11) is 0.